The lowest BCUT2D eigenvalue weighted by atomic mass is 10.1. The average molecular weight is 492 g/mol. The molecule has 1 amide bonds. The first-order valence-electron chi connectivity index (χ1n) is 8.16. The number of nitrogens with zero attached hydrogens (tertiary/aromatic N) is 1. The summed E-state index contributed by atoms with van der Waals surface area (Å²) in [5, 5.41) is 15.8. The molecule has 0 aliphatic heterocycles. The number of amides is 1. The zero-order valence-electron chi connectivity index (χ0n) is 14.4. The second-order valence-electron chi connectivity index (χ2n) is 5.66. The predicted octanol–water partition coefficient (Wildman–Crippen LogP) is 5.23. The van der Waals surface area contributed by atoms with Crippen LogP contribution in [0.5, 0.6) is 11.5 Å². The van der Waals surface area contributed by atoms with Crippen LogP contribution in [-0.2, 0) is 0 Å². The van der Waals surface area contributed by atoms with Crippen LogP contribution >= 0.6 is 31.9 Å². The molecule has 138 valence electrons. The maximum absolute atomic E-state index is 12.3. The van der Waals surface area contributed by atoms with Gasteiger partial charge < -0.3 is 9.84 Å². The van der Waals surface area contributed by atoms with E-state index in [1.165, 1.54) is 6.21 Å². The van der Waals surface area contributed by atoms with Gasteiger partial charge in [-0.05, 0) is 79.4 Å². The number of nitrogens with one attached hydrogen (secondary N) is 1. The molecule has 0 radical (unpaired) electrons. The minimum absolute atomic E-state index is 0.0899. The Morgan fingerprint density at radius 1 is 1.15 bits per heavy atom. The molecule has 0 spiro atoms. The Balaban J connectivity index is 1.77. The van der Waals surface area contributed by atoms with Crippen LogP contribution in [0, 0.1) is 0 Å². The van der Waals surface area contributed by atoms with Crippen molar-refractivity contribution in [1.29, 1.82) is 0 Å². The highest BCUT2D eigenvalue weighted by atomic mass is 79.9. The van der Waals surface area contributed by atoms with Crippen molar-refractivity contribution in [2.45, 2.75) is 6.92 Å². The normalized spacial score (nSPS) is 11.1. The van der Waals surface area contributed by atoms with Crippen LogP contribution in [-0.4, -0.2) is 23.8 Å². The summed E-state index contributed by atoms with van der Waals surface area (Å²) in [5.74, 6) is 0.131. The number of hydrazone groups is 1. The maximum Gasteiger partial charge on any atom is 0.275 e. The van der Waals surface area contributed by atoms with Gasteiger partial charge >= 0.3 is 0 Å². The fourth-order valence-electron chi connectivity index (χ4n) is 2.57. The number of halogens is 2. The summed E-state index contributed by atoms with van der Waals surface area (Å²) in [5.41, 5.74) is 3.37. The molecule has 5 nitrogen and oxygen atoms in total. The van der Waals surface area contributed by atoms with Crippen LogP contribution in [0.4, 0.5) is 0 Å². The molecule has 3 aromatic rings. The van der Waals surface area contributed by atoms with E-state index >= 15 is 0 Å². The summed E-state index contributed by atoms with van der Waals surface area (Å²) in [4.78, 5) is 12.3. The first kappa shape index (κ1) is 19.4. The number of rotatable bonds is 5. The monoisotopic (exact) mass is 490 g/mol. The Bertz CT molecular complexity index is 1010. The standard InChI is InChI=1S/C20H16Br2N2O3/c1-2-27-19-16(21)7-12(8-17(19)22)11-23-24-20(26)15-9-13-5-3-4-6-14(13)10-18(15)25/h3-11,25H,2H2,1H3,(H,24,26). The van der Waals surface area contributed by atoms with Gasteiger partial charge in [-0.1, -0.05) is 24.3 Å². The quantitative estimate of drug-likeness (QED) is 0.379. The molecule has 0 unspecified atom stereocenters. The van der Waals surface area contributed by atoms with Gasteiger partial charge in [-0.25, -0.2) is 5.43 Å². The lowest BCUT2D eigenvalue weighted by Gasteiger charge is -2.09. The Morgan fingerprint density at radius 2 is 1.78 bits per heavy atom. The number of benzene rings is 3. The van der Waals surface area contributed by atoms with Gasteiger partial charge in [0.05, 0.1) is 27.3 Å². The van der Waals surface area contributed by atoms with Crippen molar-refractivity contribution in [3.8, 4) is 11.5 Å². The molecular formula is C20H16Br2N2O3. The Labute approximate surface area is 173 Å². The van der Waals surface area contributed by atoms with Gasteiger partial charge in [-0.3, -0.25) is 4.79 Å². The molecule has 2 N–H and O–H groups in total. The van der Waals surface area contributed by atoms with E-state index in [-0.39, 0.29) is 11.3 Å². The molecule has 0 bridgehead atoms. The van der Waals surface area contributed by atoms with E-state index in [0.29, 0.717) is 12.4 Å². The Morgan fingerprint density at radius 3 is 2.41 bits per heavy atom. The topological polar surface area (TPSA) is 70.9 Å². The van der Waals surface area contributed by atoms with Gasteiger partial charge in [0.2, 0.25) is 0 Å². The first-order chi connectivity index (χ1) is 13.0. The smallest absolute Gasteiger partial charge is 0.275 e. The minimum Gasteiger partial charge on any atom is -0.507 e. The van der Waals surface area contributed by atoms with E-state index in [1.807, 2.05) is 43.3 Å². The van der Waals surface area contributed by atoms with Crippen LogP contribution in [0.1, 0.15) is 22.8 Å². The first-order valence-corrected chi connectivity index (χ1v) is 9.75. The number of hydrogen-bond acceptors (Lipinski definition) is 4. The van der Waals surface area contributed by atoms with Crippen molar-refractivity contribution >= 4 is 54.8 Å². The maximum atomic E-state index is 12.3. The van der Waals surface area contributed by atoms with Gasteiger partial charge in [0.1, 0.15) is 11.5 Å². The van der Waals surface area contributed by atoms with Crippen LogP contribution in [0.3, 0.4) is 0 Å². The number of phenols is 1. The van der Waals surface area contributed by atoms with E-state index < -0.39 is 5.91 Å². The zero-order valence-corrected chi connectivity index (χ0v) is 17.5. The molecule has 0 atom stereocenters. The molecule has 0 aliphatic carbocycles. The molecular weight excluding hydrogens is 476 g/mol. The van der Waals surface area contributed by atoms with Crippen LogP contribution in [0.15, 0.2) is 62.6 Å². The molecule has 27 heavy (non-hydrogen) atoms. The van der Waals surface area contributed by atoms with Crippen molar-refractivity contribution in [2.75, 3.05) is 6.61 Å². The van der Waals surface area contributed by atoms with E-state index in [9.17, 15) is 9.90 Å². The van der Waals surface area contributed by atoms with Crippen molar-refractivity contribution in [1.82, 2.24) is 5.43 Å². The highest BCUT2D eigenvalue weighted by Crippen LogP contribution is 2.34. The minimum atomic E-state index is -0.487. The number of aromatic hydroxyl groups is 1. The van der Waals surface area contributed by atoms with Gasteiger partial charge in [0, 0.05) is 0 Å². The van der Waals surface area contributed by atoms with Crippen LogP contribution in [0.2, 0.25) is 0 Å². The number of ether oxygens (including phenoxy) is 1. The van der Waals surface area contributed by atoms with Crippen LogP contribution in [0.25, 0.3) is 10.8 Å². The summed E-state index contributed by atoms with van der Waals surface area (Å²) in [7, 11) is 0. The molecule has 3 aromatic carbocycles. The highest BCUT2D eigenvalue weighted by molar-refractivity contribution is 9.11. The summed E-state index contributed by atoms with van der Waals surface area (Å²) >= 11 is 6.90. The van der Waals surface area contributed by atoms with E-state index in [0.717, 1.165) is 25.3 Å². The van der Waals surface area contributed by atoms with Gasteiger partial charge in [0.15, 0.2) is 0 Å². The van der Waals surface area contributed by atoms with Gasteiger partial charge in [-0.15, -0.1) is 0 Å². The van der Waals surface area contributed by atoms with Crippen molar-refractivity contribution in [2.24, 2.45) is 5.10 Å². The third-order valence-corrected chi connectivity index (χ3v) is 4.98. The predicted molar refractivity (Wildman–Crippen MR) is 114 cm³/mol. The van der Waals surface area contributed by atoms with E-state index in [1.54, 1.807) is 12.1 Å². The summed E-state index contributed by atoms with van der Waals surface area (Å²) < 4.78 is 7.09. The average Bonchev–Trinajstić information content (AvgIpc) is 2.64. The zero-order chi connectivity index (χ0) is 19.4. The largest absolute Gasteiger partial charge is 0.507 e. The van der Waals surface area contributed by atoms with Crippen molar-refractivity contribution in [3.05, 3.63) is 68.6 Å². The fraction of sp³-hybridized carbons (Fsp3) is 0.100. The van der Waals surface area contributed by atoms with Gasteiger partial charge in [0.25, 0.3) is 5.91 Å². The molecule has 0 aromatic heterocycles. The molecule has 0 heterocycles. The van der Waals surface area contributed by atoms with Crippen molar-refractivity contribution in [3.63, 3.8) is 0 Å². The number of carbonyl (C=O) groups is 1. The fourth-order valence-corrected chi connectivity index (χ4v) is 4.02. The Hall–Kier alpha value is -2.38. The number of fused-ring (bicyclic) bond motifs is 1. The van der Waals surface area contributed by atoms with Gasteiger partial charge in [-0.2, -0.15) is 5.10 Å². The molecule has 0 aliphatic rings. The highest BCUT2D eigenvalue weighted by Gasteiger charge is 2.12. The molecule has 0 saturated heterocycles. The second kappa shape index (κ2) is 8.54. The Kier molecular flexibility index (Phi) is 6.13. The van der Waals surface area contributed by atoms with E-state index in [2.05, 4.69) is 42.4 Å². The third-order valence-electron chi connectivity index (χ3n) is 3.80. The van der Waals surface area contributed by atoms with Crippen LogP contribution < -0.4 is 10.2 Å². The molecule has 7 heteroatoms. The molecule has 0 fully saturated rings. The molecule has 0 saturated carbocycles. The number of carbonyl (C=O) groups excluding carboxylic acids is 1. The SMILES string of the molecule is CCOc1c(Br)cc(C=NNC(=O)c2cc3ccccc3cc2O)cc1Br. The van der Waals surface area contributed by atoms with E-state index in [4.69, 9.17) is 4.74 Å². The summed E-state index contributed by atoms with van der Waals surface area (Å²) in [6.45, 7) is 2.46. The summed E-state index contributed by atoms with van der Waals surface area (Å²) in [6, 6.07) is 14.4. The number of hydrogen-bond donors (Lipinski definition) is 2. The lowest BCUT2D eigenvalue weighted by molar-refractivity contribution is 0.0952. The second-order valence-corrected chi connectivity index (χ2v) is 7.37. The number of phenolic OH excluding ortho intramolecular Hbond substituents is 1. The summed E-state index contributed by atoms with van der Waals surface area (Å²) in [6.07, 6.45) is 1.52. The third kappa shape index (κ3) is 4.48. The van der Waals surface area contributed by atoms with Crippen molar-refractivity contribution < 1.29 is 14.6 Å². The molecule has 3 rings (SSSR count). The lowest BCUT2D eigenvalue weighted by Crippen LogP contribution is -2.17.